The maximum Gasteiger partial charge on any atom is 0.116 e. The van der Waals surface area contributed by atoms with E-state index in [9.17, 15) is 0 Å². The zero-order chi connectivity index (χ0) is 12.6. The van der Waals surface area contributed by atoms with Gasteiger partial charge in [0.15, 0.2) is 0 Å². The summed E-state index contributed by atoms with van der Waals surface area (Å²) in [5.74, 6) is 0.412. The van der Waals surface area contributed by atoms with Gasteiger partial charge in [-0.1, -0.05) is 34.6 Å². The lowest BCUT2D eigenvalue weighted by atomic mass is 9.88. The van der Waals surface area contributed by atoms with Gasteiger partial charge in [0.2, 0.25) is 0 Å². The Morgan fingerprint density at radius 1 is 1.18 bits per heavy atom. The average molecular weight is 229 g/mol. The first kappa shape index (κ1) is 12.0. The van der Waals surface area contributed by atoms with Crippen molar-refractivity contribution in [2.24, 2.45) is 0 Å². The summed E-state index contributed by atoms with van der Waals surface area (Å²) in [6, 6.07) is 2.07. The number of fused-ring (bicyclic) bond motifs is 1. The fourth-order valence-corrected chi connectivity index (χ4v) is 1.87. The Morgan fingerprint density at radius 2 is 1.88 bits per heavy atom. The fraction of sp³-hybridized carbons (Fsp3) is 0.500. The van der Waals surface area contributed by atoms with Gasteiger partial charge in [0.05, 0.1) is 11.2 Å². The van der Waals surface area contributed by atoms with Gasteiger partial charge in [-0.25, -0.2) is 9.97 Å². The molecular formula is C14H19N3. The van der Waals surface area contributed by atoms with E-state index in [-0.39, 0.29) is 5.41 Å². The summed E-state index contributed by atoms with van der Waals surface area (Å²) in [7, 11) is 0. The summed E-state index contributed by atoms with van der Waals surface area (Å²) in [6.45, 7) is 10.8. The topological polar surface area (TPSA) is 38.7 Å². The smallest absolute Gasteiger partial charge is 0.116 e. The molecule has 3 heteroatoms. The summed E-state index contributed by atoms with van der Waals surface area (Å²) in [6.07, 6.45) is 3.46. The number of pyridine rings is 1. The highest BCUT2D eigenvalue weighted by Crippen LogP contribution is 2.29. The van der Waals surface area contributed by atoms with Crippen LogP contribution in [0.15, 0.2) is 18.6 Å². The van der Waals surface area contributed by atoms with Gasteiger partial charge in [-0.3, -0.25) is 4.98 Å². The standard InChI is InChI=1S/C14H19N3/c1-9(2)11-6-12-10(7-15-8-16-12)13(17-11)14(3,4)5/h6-9H,1-5H3. The van der Waals surface area contributed by atoms with Crippen molar-refractivity contribution in [3.63, 3.8) is 0 Å². The second-order valence-electron chi connectivity index (χ2n) is 5.76. The summed E-state index contributed by atoms with van der Waals surface area (Å²) in [5, 5.41) is 1.06. The molecule has 2 rings (SSSR count). The molecule has 90 valence electrons. The van der Waals surface area contributed by atoms with Gasteiger partial charge in [0.1, 0.15) is 6.33 Å². The Hall–Kier alpha value is -1.51. The van der Waals surface area contributed by atoms with Gasteiger partial charge in [-0.2, -0.15) is 0 Å². The second kappa shape index (κ2) is 4.06. The van der Waals surface area contributed by atoms with Gasteiger partial charge >= 0.3 is 0 Å². The third-order valence-corrected chi connectivity index (χ3v) is 2.83. The molecule has 2 aromatic rings. The molecule has 0 aliphatic heterocycles. The van der Waals surface area contributed by atoms with E-state index >= 15 is 0 Å². The third-order valence-electron chi connectivity index (χ3n) is 2.83. The Kier molecular flexibility index (Phi) is 2.86. The highest BCUT2D eigenvalue weighted by atomic mass is 14.8. The van der Waals surface area contributed by atoms with Crippen molar-refractivity contribution in [2.45, 2.75) is 46.0 Å². The lowest BCUT2D eigenvalue weighted by Gasteiger charge is -2.21. The Morgan fingerprint density at radius 3 is 2.47 bits per heavy atom. The minimum absolute atomic E-state index is 0.00780. The van der Waals surface area contributed by atoms with E-state index in [0.717, 1.165) is 22.3 Å². The van der Waals surface area contributed by atoms with Crippen LogP contribution < -0.4 is 0 Å². The van der Waals surface area contributed by atoms with Crippen molar-refractivity contribution >= 4 is 10.9 Å². The van der Waals surface area contributed by atoms with Crippen LogP contribution in [0.25, 0.3) is 10.9 Å². The zero-order valence-electron chi connectivity index (χ0n) is 11.2. The number of aromatic nitrogens is 3. The van der Waals surface area contributed by atoms with Crippen molar-refractivity contribution in [2.75, 3.05) is 0 Å². The molecule has 17 heavy (non-hydrogen) atoms. The summed E-state index contributed by atoms with van der Waals surface area (Å²) in [5.41, 5.74) is 3.18. The normalized spacial score (nSPS) is 12.4. The van der Waals surface area contributed by atoms with Crippen LogP contribution in [0.2, 0.25) is 0 Å². The van der Waals surface area contributed by atoms with Crippen molar-refractivity contribution in [3.8, 4) is 0 Å². The predicted molar refractivity (Wildman–Crippen MR) is 70.1 cm³/mol. The second-order valence-corrected chi connectivity index (χ2v) is 5.76. The molecule has 0 saturated carbocycles. The SMILES string of the molecule is CC(C)c1cc2ncncc2c(C(C)(C)C)n1. The molecule has 0 bridgehead atoms. The Balaban J connectivity index is 2.79. The summed E-state index contributed by atoms with van der Waals surface area (Å²) >= 11 is 0. The van der Waals surface area contributed by atoms with Crippen LogP contribution in [-0.4, -0.2) is 15.0 Å². The third kappa shape index (κ3) is 2.28. The first-order valence-electron chi connectivity index (χ1n) is 6.00. The van der Waals surface area contributed by atoms with Crippen LogP contribution in [0.3, 0.4) is 0 Å². The summed E-state index contributed by atoms with van der Waals surface area (Å²) in [4.78, 5) is 13.2. The van der Waals surface area contributed by atoms with E-state index < -0.39 is 0 Å². The van der Waals surface area contributed by atoms with Crippen LogP contribution in [0.1, 0.15) is 51.9 Å². The molecular weight excluding hydrogens is 210 g/mol. The molecule has 0 aliphatic rings. The molecule has 2 aromatic heterocycles. The Labute approximate surface area is 102 Å². The van der Waals surface area contributed by atoms with E-state index in [0.29, 0.717) is 5.92 Å². The van der Waals surface area contributed by atoms with E-state index in [4.69, 9.17) is 4.98 Å². The zero-order valence-corrected chi connectivity index (χ0v) is 11.2. The van der Waals surface area contributed by atoms with Crippen LogP contribution in [0.5, 0.6) is 0 Å². The minimum atomic E-state index is 0.00780. The molecule has 2 heterocycles. The van der Waals surface area contributed by atoms with Crippen LogP contribution in [0, 0.1) is 0 Å². The Bertz CT molecular complexity index is 539. The largest absolute Gasteiger partial charge is 0.256 e. The monoisotopic (exact) mass is 229 g/mol. The molecule has 0 aromatic carbocycles. The molecule has 0 N–H and O–H groups in total. The molecule has 0 atom stereocenters. The number of hydrogen-bond donors (Lipinski definition) is 0. The first-order chi connectivity index (χ1) is 7.89. The van der Waals surface area contributed by atoms with Crippen molar-refractivity contribution in [1.82, 2.24) is 15.0 Å². The number of nitrogens with zero attached hydrogens (tertiary/aromatic N) is 3. The number of hydrogen-bond acceptors (Lipinski definition) is 3. The number of rotatable bonds is 1. The lowest BCUT2D eigenvalue weighted by Crippen LogP contribution is -2.16. The molecule has 0 fully saturated rings. The van der Waals surface area contributed by atoms with E-state index in [2.05, 4.69) is 50.7 Å². The molecule has 0 radical (unpaired) electrons. The van der Waals surface area contributed by atoms with E-state index in [1.165, 1.54) is 0 Å². The predicted octanol–water partition coefficient (Wildman–Crippen LogP) is 3.45. The van der Waals surface area contributed by atoms with Gasteiger partial charge in [0, 0.05) is 22.7 Å². The molecule has 0 spiro atoms. The van der Waals surface area contributed by atoms with Crippen molar-refractivity contribution in [1.29, 1.82) is 0 Å². The quantitative estimate of drug-likeness (QED) is 0.751. The van der Waals surface area contributed by atoms with Gasteiger partial charge < -0.3 is 0 Å². The average Bonchev–Trinajstić information content (AvgIpc) is 2.26. The maximum atomic E-state index is 4.79. The highest BCUT2D eigenvalue weighted by molar-refractivity contribution is 5.81. The summed E-state index contributed by atoms with van der Waals surface area (Å²) < 4.78 is 0. The van der Waals surface area contributed by atoms with Crippen molar-refractivity contribution in [3.05, 3.63) is 30.0 Å². The van der Waals surface area contributed by atoms with E-state index in [1.807, 2.05) is 6.20 Å². The minimum Gasteiger partial charge on any atom is -0.256 e. The van der Waals surface area contributed by atoms with E-state index in [1.54, 1.807) is 6.33 Å². The highest BCUT2D eigenvalue weighted by Gasteiger charge is 2.20. The van der Waals surface area contributed by atoms with Gasteiger partial charge in [-0.05, 0) is 12.0 Å². The van der Waals surface area contributed by atoms with Crippen molar-refractivity contribution < 1.29 is 0 Å². The van der Waals surface area contributed by atoms with Gasteiger partial charge in [-0.15, -0.1) is 0 Å². The molecule has 0 saturated heterocycles. The van der Waals surface area contributed by atoms with Crippen LogP contribution >= 0.6 is 0 Å². The fourth-order valence-electron chi connectivity index (χ4n) is 1.87. The van der Waals surface area contributed by atoms with Gasteiger partial charge in [0.25, 0.3) is 0 Å². The maximum absolute atomic E-state index is 4.79. The molecule has 3 nitrogen and oxygen atoms in total. The molecule has 0 aliphatic carbocycles. The van der Waals surface area contributed by atoms with Crippen LogP contribution in [-0.2, 0) is 5.41 Å². The van der Waals surface area contributed by atoms with Crippen LogP contribution in [0.4, 0.5) is 0 Å². The molecule has 0 unspecified atom stereocenters. The first-order valence-corrected chi connectivity index (χ1v) is 6.00. The molecule has 0 amide bonds. The lowest BCUT2D eigenvalue weighted by molar-refractivity contribution is 0.569.